The number of pyridine rings is 1. The maximum absolute atomic E-state index is 11.2. The quantitative estimate of drug-likeness (QED) is 0.872. The third-order valence-electron chi connectivity index (χ3n) is 3.50. The average Bonchev–Trinajstić information content (AvgIpc) is 2.65. The van der Waals surface area contributed by atoms with Gasteiger partial charge in [-0.25, -0.2) is 0 Å². The molecule has 0 radical (unpaired) electrons. The number of hydrogen-bond donors (Lipinski definition) is 1. The minimum absolute atomic E-state index is 0.000318. The van der Waals surface area contributed by atoms with Crippen LogP contribution in [0.3, 0.4) is 0 Å². The van der Waals surface area contributed by atoms with Crippen LogP contribution in [-0.4, -0.2) is 23.0 Å². The molecule has 3 heteroatoms. The molecule has 0 unspecified atom stereocenters. The van der Waals surface area contributed by atoms with Crippen LogP contribution in [0.25, 0.3) is 0 Å². The predicted octanol–water partition coefficient (Wildman–Crippen LogP) is 2.48. The Morgan fingerprint density at radius 3 is 2.94 bits per heavy atom. The number of aromatic amines is 1. The maximum Gasteiger partial charge on any atom is 0.248 e. The maximum atomic E-state index is 11.2. The van der Waals surface area contributed by atoms with Crippen molar-refractivity contribution in [2.24, 2.45) is 5.92 Å². The van der Waals surface area contributed by atoms with E-state index in [2.05, 4.69) is 23.7 Å². The SMILES string of the molecule is Cc1cc(=O)[nH]cc1[C@H]1CCCN1CC(C)C. The standard InChI is InChI=1S/C14H22N2O/c1-10(2)9-16-6-4-5-13(16)12-8-15-14(17)7-11(12)3/h7-8,10,13H,4-6,9H2,1-3H3,(H,15,17)/t13-/m1/s1. The fourth-order valence-corrected chi connectivity index (χ4v) is 2.81. The highest BCUT2D eigenvalue weighted by molar-refractivity contribution is 5.26. The van der Waals surface area contributed by atoms with Gasteiger partial charge in [-0.1, -0.05) is 13.8 Å². The first kappa shape index (κ1) is 12.4. The van der Waals surface area contributed by atoms with E-state index >= 15 is 0 Å². The topological polar surface area (TPSA) is 36.1 Å². The van der Waals surface area contributed by atoms with Gasteiger partial charge in [-0.2, -0.15) is 0 Å². The molecule has 1 aliphatic heterocycles. The highest BCUT2D eigenvalue weighted by Crippen LogP contribution is 2.33. The van der Waals surface area contributed by atoms with Gasteiger partial charge in [-0.05, 0) is 43.4 Å². The molecule has 0 bridgehead atoms. The largest absolute Gasteiger partial charge is 0.329 e. The minimum atomic E-state index is -0.000318. The van der Waals surface area contributed by atoms with E-state index in [-0.39, 0.29) is 5.56 Å². The summed E-state index contributed by atoms with van der Waals surface area (Å²) in [6, 6.07) is 2.20. The second-order valence-corrected chi connectivity index (χ2v) is 5.48. The minimum Gasteiger partial charge on any atom is -0.329 e. The number of likely N-dealkylation sites (tertiary alicyclic amines) is 1. The Morgan fingerprint density at radius 1 is 1.53 bits per heavy atom. The van der Waals surface area contributed by atoms with Crippen molar-refractivity contribution in [2.45, 2.75) is 39.7 Å². The molecule has 0 spiro atoms. The molecular weight excluding hydrogens is 212 g/mol. The van der Waals surface area contributed by atoms with Crippen molar-refractivity contribution in [3.8, 4) is 0 Å². The lowest BCUT2D eigenvalue weighted by Crippen LogP contribution is -2.28. The monoisotopic (exact) mass is 234 g/mol. The van der Waals surface area contributed by atoms with E-state index in [4.69, 9.17) is 0 Å². The summed E-state index contributed by atoms with van der Waals surface area (Å²) in [5, 5.41) is 0. The Morgan fingerprint density at radius 2 is 2.29 bits per heavy atom. The molecule has 1 fully saturated rings. The van der Waals surface area contributed by atoms with Crippen molar-refractivity contribution in [3.05, 3.63) is 33.7 Å². The zero-order chi connectivity index (χ0) is 12.4. The Hall–Kier alpha value is -1.09. The summed E-state index contributed by atoms with van der Waals surface area (Å²) in [6.07, 6.45) is 4.37. The van der Waals surface area contributed by atoms with Crippen molar-refractivity contribution < 1.29 is 0 Å². The van der Waals surface area contributed by atoms with E-state index in [1.54, 1.807) is 6.07 Å². The third-order valence-corrected chi connectivity index (χ3v) is 3.50. The van der Waals surface area contributed by atoms with Gasteiger partial charge in [0, 0.05) is 24.8 Å². The fourth-order valence-electron chi connectivity index (χ4n) is 2.81. The van der Waals surface area contributed by atoms with Gasteiger partial charge in [0.15, 0.2) is 0 Å². The zero-order valence-electron chi connectivity index (χ0n) is 11.0. The first-order chi connectivity index (χ1) is 8.08. The highest BCUT2D eigenvalue weighted by Gasteiger charge is 2.27. The smallest absolute Gasteiger partial charge is 0.248 e. The lowest BCUT2D eigenvalue weighted by Gasteiger charge is -2.27. The van der Waals surface area contributed by atoms with Crippen LogP contribution in [0, 0.1) is 12.8 Å². The molecule has 1 aromatic rings. The van der Waals surface area contributed by atoms with Crippen LogP contribution in [0.1, 0.15) is 43.9 Å². The van der Waals surface area contributed by atoms with Crippen molar-refractivity contribution in [1.29, 1.82) is 0 Å². The molecule has 1 atom stereocenters. The van der Waals surface area contributed by atoms with Crippen molar-refractivity contribution in [3.63, 3.8) is 0 Å². The summed E-state index contributed by atoms with van der Waals surface area (Å²) >= 11 is 0. The second-order valence-electron chi connectivity index (χ2n) is 5.48. The first-order valence-electron chi connectivity index (χ1n) is 6.51. The summed E-state index contributed by atoms with van der Waals surface area (Å²) in [7, 11) is 0. The van der Waals surface area contributed by atoms with Crippen LogP contribution in [0.2, 0.25) is 0 Å². The Kier molecular flexibility index (Phi) is 3.67. The molecule has 1 aliphatic rings. The molecule has 1 N–H and O–H groups in total. The van der Waals surface area contributed by atoms with Crippen molar-refractivity contribution in [1.82, 2.24) is 9.88 Å². The molecule has 2 rings (SSSR count). The summed E-state index contributed by atoms with van der Waals surface area (Å²) in [4.78, 5) is 16.6. The summed E-state index contributed by atoms with van der Waals surface area (Å²) in [5.74, 6) is 0.693. The van der Waals surface area contributed by atoms with Crippen LogP contribution in [0.15, 0.2) is 17.1 Å². The lowest BCUT2D eigenvalue weighted by atomic mass is 10.0. The Balaban J connectivity index is 2.23. The molecule has 1 aromatic heterocycles. The van der Waals surface area contributed by atoms with Gasteiger partial charge >= 0.3 is 0 Å². The van der Waals surface area contributed by atoms with Crippen LogP contribution >= 0.6 is 0 Å². The van der Waals surface area contributed by atoms with Crippen LogP contribution in [0.5, 0.6) is 0 Å². The molecule has 94 valence electrons. The summed E-state index contributed by atoms with van der Waals surface area (Å²) in [6.45, 7) is 8.88. The van der Waals surface area contributed by atoms with Gasteiger partial charge in [-0.3, -0.25) is 9.69 Å². The van der Waals surface area contributed by atoms with Crippen molar-refractivity contribution in [2.75, 3.05) is 13.1 Å². The van der Waals surface area contributed by atoms with Crippen molar-refractivity contribution >= 4 is 0 Å². The average molecular weight is 234 g/mol. The summed E-state index contributed by atoms with van der Waals surface area (Å²) < 4.78 is 0. The van der Waals surface area contributed by atoms with Gasteiger partial charge in [0.1, 0.15) is 0 Å². The Bertz CT molecular complexity index is 436. The fraction of sp³-hybridized carbons (Fsp3) is 0.643. The Labute approximate surface area is 103 Å². The summed E-state index contributed by atoms with van der Waals surface area (Å²) in [5.41, 5.74) is 2.41. The molecule has 0 amide bonds. The molecular formula is C14H22N2O. The molecule has 1 saturated heterocycles. The third kappa shape index (κ3) is 2.78. The zero-order valence-corrected chi connectivity index (χ0v) is 11.0. The van der Waals surface area contributed by atoms with Gasteiger partial charge in [0.05, 0.1) is 0 Å². The van der Waals surface area contributed by atoms with E-state index in [0.29, 0.717) is 12.0 Å². The highest BCUT2D eigenvalue weighted by atomic mass is 16.1. The number of aryl methyl sites for hydroxylation is 1. The molecule has 0 saturated carbocycles. The van der Waals surface area contributed by atoms with E-state index in [0.717, 1.165) is 12.1 Å². The van der Waals surface area contributed by atoms with E-state index in [9.17, 15) is 4.79 Å². The van der Waals surface area contributed by atoms with Gasteiger partial charge < -0.3 is 4.98 Å². The van der Waals surface area contributed by atoms with Crippen LogP contribution in [-0.2, 0) is 0 Å². The number of hydrogen-bond acceptors (Lipinski definition) is 2. The normalized spacial score (nSPS) is 21.3. The molecule has 17 heavy (non-hydrogen) atoms. The molecule has 0 aromatic carbocycles. The molecule has 3 nitrogen and oxygen atoms in total. The number of nitrogens with zero attached hydrogens (tertiary/aromatic N) is 1. The van der Waals surface area contributed by atoms with Gasteiger partial charge in [-0.15, -0.1) is 0 Å². The van der Waals surface area contributed by atoms with Crippen LogP contribution in [0.4, 0.5) is 0 Å². The number of nitrogens with one attached hydrogen (secondary N) is 1. The molecule has 2 heterocycles. The van der Waals surface area contributed by atoms with E-state index < -0.39 is 0 Å². The lowest BCUT2D eigenvalue weighted by molar-refractivity contribution is 0.228. The predicted molar refractivity (Wildman–Crippen MR) is 70.2 cm³/mol. The number of H-pyrrole nitrogens is 1. The van der Waals surface area contributed by atoms with Gasteiger partial charge in [0.25, 0.3) is 0 Å². The number of aromatic nitrogens is 1. The van der Waals surface area contributed by atoms with E-state index in [1.807, 2.05) is 13.1 Å². The van der Waals surface area contributed by atoms with E-state index in [1.165, 1.54) is 24.9 Å². The second kappa shape index (κ2) is 5.05. The number of rotatable bonds is 3. The molecule has 0 aliphatic carbocycles. The van der Waals surface area contributed by atoms with Gasteiger partial charge in [0.2, 0.25) is 5.56 Å². The van der Waals surface area contributed by atoms with Crippen LogP contribution < -0.4 is 5.56 Å². The first-order valence-corrected chi connectivity index (χ1v) is 6.51.